The zero-order valence-corrected chi connectivity index (χ0v) is 21.3. The van der Waals surface area contributed by atoms with Crippen LogP contribution in [0.3, 0.4) is 0 Å². The third kappa shape index (κ3) is 10.3. The number of hydrogen-bond acceptors (Lipinski definition) is 10. The summed E-state index contributed by atoms with van der Waals surface area (Å²) >= 11 is 0. The van der Waals surface area contributed by atoms with E-state index in [0.29, 0.717) is 35.8 Å². The van der Waals surface area contributed by atoms with Crippen molar-refractivity contribution in [3.05, 3.63) is 59.7 Å². The van der Waals surface area contributed by atoms with E-state index in [1.165, 1.54) is 0 Å². The van der Waals surface area contributed by atoms with Gasteiger partial charge in [0, 0.05) is 0 Å². The molecule has 3 atom stereocenters. The highest BCUT2D eigenvalue weighted by Gasteiger charge is 2.28. The van der Waals surface area contributed by atoms with Crippen LogP contribution in [0.4, 0.5) is 0 Å². The molecule has 0 radical (unpaired) electrons. The van der Waals surface area contributed by atoms with Crippen molar-refractivity contribution < 1.29 is 39.5 Å². The molecule has 0 aromatic heterocycles. The van der Waals surface area contributed by atoms with Gasteiger partial charge in [-0.25, -0.2) is 10.9 Å². The third-order valence-electron chi connectivity index (χ3n) is 5.10. The summed E-state index contributed by atoms with van der Waals surface area (Å²) in [7, 11) is 0. The molecular weight excluding hydrogens is 496 g/mol. The summed E-state index contributed by atoms with van der Waals surface area (Å²) < 4.78 is 10.7. The normalized spacial score (nSPS) is 14.0. The molecule has 0 aliphatic rings. The fraction of sp³-hybridized carbons (Fsp3) is 0.385. The first kappa shape index (κ1) is 30.4. The Balaban J connectivity index is 2.04. The lowest BCUT2D eigenvalue weighted by atomic mass is 10.0. The van der Waals surface area contributed by atoms with Crippen LogP contribution in [0.2, 0.25) is 0 Å². The number of carbonyl (C=O) groups is 2. The van der Waals surface area contributed by atoms with Gasteiger partial charge in [0.15, 0.2) is 0 Å². The van der Waals surface area contributed by atoms with E-state index in [1.807, 2.05) is 13.8 Å². The zero-order chi connectivity index (χ0) is 27.9. The van der Waals surface area contributed by atoms with Gasteiger partial charge in [0.1, 0.15) is 35.5 Å². The Morgan fingerprint density at radius 3 is 1.76 bits per heavy atom. The minimum absolute atomic E-state index is 0.00342. The van der Waals surface area contributed by atoms with Gasteiger partial charge in [0.25, 0.3) is 0 Å². The highest BCUT2D eigenvalue weighted by atomic mass is 16.5. The molecule has 0 spiro atoms. The maximum absolute atomic E-state index is 12.4. The molecule has 0 aliphatic heterocycles. The van der Waals surface area contributed by atoms with E-state index >= 15 is 0 Å². The smallest absolute Gasteiger partial charge is 0.244 e. The molecule has 2 rings (SSSR count). The van der Waals surface area contributed by atoms with Gasteiger partial charge in [-0.05, 0) is 49.2 Å². The number of aliphatic hydroxyl groups is 4. The van der Waals surface area contributed by atoms with Crippen LogP contribution in [0.5, 0.6) is 11.5 Å². The maximum Gasteiger partial charge on any atom is 0.244 e. The Morgan fingerprint density at radius 2 is 1.32 bits per heavy atom. The van der Waals surface area contributed by atoms with Crippen molar-refractivity contribution in [3.8, 4) is 11.5 Å². The largest absolute Gasteiger partial charge is 0.494 e. The molecule has 12 nitrogen and oxygen atoms in total. The lowest BCUT2D eigenvalue weighted by Crippen LogP contribution is -2.45. The average Bonchev–Trinajstić information content (AvgIpc) is 2.91. The first-order chi connectivity index (χ1) is 18.3. The summed E-state index contributed by atoms with van der Waals surface area (Å²) in [5, 5.41) is 46.7. The minimum atomic E-state index is -1.84. The second kappa shape index (κ2) is 16.1. The van der Waals surface area contributed by atoms with Crippen molar-refractivity contribution in [2.75, 3.05) is 19.8 Å². The van der Waals surface area contributed by atoms with E-state index in [2.05, 4.69) is 21.1 Å². The van der Waals surface area contributed by atoms with E-state index in [4.69, 9.17) is 14.6 Å². The predicted octanol–water partition coefficient (Wildman–Crippen LogP) is -0.0816. The molecule has 0 bridgehead atoms. The lowest BCUT2D eigenvalue weighted by molar-refractivity contribution is -0.121. The van der Waals surface area contributed by atoms with E-state index in [-0.39, 0.29) is 18.6 Å². The van der Waals surface area contributed by atoms with E-state index in [9.17, 15) is 24.9 Å². The van der Waals surface area contributed by atoms with Gasteiger partial charge in [-0.3, -0.25) is 9.59 Å². The van der Waals surface area contributed by atoms with Gasteiger partial charge >= 0.3 is 0 Å². The van der Waals surface area contributed by atoms with Crippen LogP contribution < -0.4 is 20.3 Å². The molecule has 12 heteroatoms. The number of hydrogen-bond donors (Lipinski definition) is 6. The van der Waals surface area contributed by atoms with Gasteiger partial charge in [-0.1, -0.05) is 24.3 Å². The molecule has 0 aliphatic carbocycles. The van der Waals surface area contributed by atoms with Gasteiger partial charge in [0.2, 0.25) is 11.8 Å². The quantitative estimate of drug-likeness (QED) is 0.136. The van der Waals surface area contributed by atoms with Crippen LogP contribution in [0, 0.1) is 0 Å². The predicted molar refractivity (Wildman–Crippen MR) is 140 cm³/mol. The van der Waals surface area contributed by atoms with Crippen molar-refractivity contribution in [3.63, 3.8) is 0 Å². The van der Waals surface area contributed by atoms with Crippen LogP contribution in [-0.2, 0) is 22.4 Å². The molecule has 0 unspecified atom stereocenters. The summed E-state index contributed by atoms with van der Waals surface area (Å²) in [6.07, 6.45) is -4.48. The first-order valence-electron chi connectivity index (χ1n) is 12.0. The van der Waals surface area contributed by atoms with Crippen molar-refractivity contribution >= 4 is 23.7 Å². The highest BCUT2D eigenvalue weighted by molar-refractivity contribution is 6.32. The molecule has 206 valence electrons. The second-order valence-corrected chi connectivity index (χ2v) is 8.06. The van der Waals surface area contributed by atoms with Crippen molar-refractivity contribution in [2.45, 2.75) is 45.0 Å². The fourth-order valence-corrected chi connectivity index (χ4v) is 3.15. The van der Waals surface area contributed by atoms with Crippen molar-refractivity contribution in [1.82, 2.24) is 10.9 Å². The number of nitrogens with zero attached hydrogens (tertiary/aromatic N) is 2. The number of carbonyl (C=O) groups excluding carboxylic acids is 2. The van der Waals surface area contributed by atoms with Crippen LogP contribution in [0.25, 0.3) is 0 Å². The highest BCUT2D eigenvalue weighted by Crippen LogP contribution is 2.13. The number of hydrazone groups is 2. The minimum Gasteiger partial charge on any atom is -0.494 e. The van der Waals surface area contributed by atoms with Crippen LogP contribution >= 0.6 is 0 Å². The number of rotatable bonds is 15. The van der Waals surface area contributed by atoms with Crippen molar-refractivity contribution in [2.24, 2.45) is 10.2 Å². The monoisotopic (exact) mass is 530 g/mol. The standard InChI is InChI=1S/C26H34N4O8/c1-3-37-19-9-5-17(6-10-19)13-23(33)29-27-15-21(25(35)26(36)22(32)16-31)28-30-24(34)14-18-7-11-20(12-8-18)38-4-2/h5-12,15,22,25-26,31-32,35-36H,3-4,13-14,16H2,1-2H3,(H,29,33)(H,30,34)/b27-15+,28-21-/t22-,25-,26+/m1/s1. The Kier molecular flexibility index (Phi) is 12.9. The third-order valence-corrected chi connectivity index (χ3v) is 5.10. The molecule has 6 N–H and O–H groups in total. The number of benzene rings is 2. The second-order valence-electron chi connectivity index (χ2n) is 8.06. The van der Waals surface area contributed by atoms with Crippen molar-refractivity contribution in [1.29, 1.82) is 0 Å². The first-order valence-corrected chi connectivity index (χ1v) is 12.0. The molecule has 2 amide bonds. The summed E-state index contributed by atoms with van der Waals surface area (Å²) in [5.41, 5.74) is 5.53. The van der Waals surface area contributed by atoms with Gasteiger partial charge in [-0.15, -0.1) is 0 Å². The Labute approximate surface area is 220 Å². The Bertz CT molecular complexity index is 1070. The van der Waals surface area contributed by atoms with E-state index in [0.717, 1.165) is 6.21 Å². The summed E-state index contributed by atoms with van der Waals surface area (Å²) in [6, 6.07) is 13.8. The maximum atomic E-state index is 12.4. The van der Waals surface area contributed by atoms with Gasteiger partial charge in [-0.2, -0.15) is 10.2 Å². The average molecular weight is 531 g/mol. The number of aliphatic hydroxyl groups excluding tert-OH is 4. The molecule has 0 fully saturated rings. The topological polar surface area (TPSA) is 182 Å². The summed E-state index contributed by atoms with van der Waals surface area (Å²) in [4.78, 5) is 24.6. The number of ether oxygens (including phenoxy) is 2. The zero-order valence-electron chi connectivity index (χ0n) is 21.3. The van der Waals surface area contributed by atoms with Crippen LogP contribution in [0.15, 0.2) is 58.7 Å². The lowest BCUT2D eigenvalue weighted by Gasteiger charge is -2.21. The molecule has 0 saturated heterocycles. The fourth-order valence-electron chi connectivity index (χ4n) is 3.15. The molecule has 2 aromatic carbocycles. The van der Waals surface area contributed by atoms with Crippen LogP contribution in [-0.4, -0.2) is 82.3 Å². The Morgan fingerprint density at radius 1 is 0.842 bits per heavy atom. The van der Waals surface area contributed by atoms with Gasteiger partial charge in [0.05, 0.1) is 38.9 Å². The Hall–Kier alpha value is -3.84. The summed E-state index contributed by atoms with van der Waals surface area (Å²) in [5.74, 6) is 0.328. The summed E-state index contributed by atoms with van der Waals surface area (Å²) in [6.45, 7) is 3.94. The van der Waals surface area contributed by atoms with E-state index < -0.39 is 36.7 Å². The number of nitrogens with one attached hydrogen (secondary N) is 2. The molecule has 0 saturated carbocycles. The molecular formula is C26H34N4O8. The van der Waals surface area contributed by atoms with Gasteiger partial charge < -0.3 is 29.9 Å². The van der Waals surface area contributed by atoms with Crippen LogP contribution in [0.1, 0.15) is 25.0 Å². The molecule has 0 heterocycles. The molecule has 38 heavy (non-hydrogen) atoms. The SMILES string of the molecule is CCOc1ccc(CC(=O)N/N=C(/C=N/NC(=O)Cc2ccc(OCC)cc2)[C@@H](O)[C@@H](O)[C@H](O)CO)cc1. The van der Waals surface area contributed by atoms with E-state index in [1.54, 1.807) is 48.5 Å². The number of amides is 2. The molecule has 2 aromatic rings.